The third kappa shape index (κ3) is 7.70. The van der Waals surface area contributed by atoms with Crippen LogP contribution in [0.2, 0.25) is 0 Å². The standard InChI is InChI=1S/C7H9Br.C2H6/c1-4-5-6(2)7(3)8;1-2/h4-5H,1,3H2,2H3;1-2H3/b6-5-;. The molecule has 0 aromatic heterocycles. The van der Waals surface area contributed by atoms with Gasteiger partial charge in [0.1, 0.15) is 0 Å². The summed E-state index contributed by atoms with van der Waals surface area (Å²) < 4.78 is 0.914. The van der Waals surface area contributed by atoms with Gasteiger partial charge in [0.15, 0.2) is 0 Å². The maximum absolute atomic E-state index is 3.67. The van der Waals surface area contributed by atoms with E-state index in [1.54, 1.807) is 6.08 Å². The fourth-order valence-corrected chi connectivity index (χ4v) is 0.399. The summed E-state index contributed by atoms with van der Waals surface area (Å²) in [5.41, 5.74) is 1.11. The van der Waals surface area contributed by atoms with Crippen LogP contribution >= 0.6 is 15.9 Å². The highest BCUT2D eigenvalue weighted by atomic mass is 79.9. The van der Waals surface area contributed by atoms with Gasteiger partial charge >= 0.3 is 0 Å². The Morgan fingerprint density at radius 1 is 1.40 bits per heavy atom. The molecule has 1 heteroatoms. The van der Waals surface area contributed by atoms with E-state index in [4.69, 9.17) is 0 Å². The second-order valence-electron chi connectivity index (χ2n) is 1.49. The van der Waals surface area contributed by atoms with E-state index in [9.17, 15) is 0 Å². The molecule has 0 nitrogen and oxygen atoms in total. The molecule has 0 aliphatic carbocycles. The Bertz CT molecular complexity index is 132. The zero-order valence-electron chi connectivity index (χ0n) is 6.95. The molecule has 0 aromatic rings. The maximum Gasteiger partial charge on any atom is 0.0132 e. The number of hydrogen-bond acceptors (Lipinski definition) is 0. The van der Waals surface area contributed by atoms with Gasteiger partial charge in [-0.25, -0.2) is 0 Å². The quantitative estimate of drug-likeness (QED) is 0.594. The average Bonchev–Trinajstić information content (AvgIpc) is 1.93. The number of hydrogen-bond donors (Lipinski definition) is 0. The first kappa shape index (κ1) is 12.4. The minimum absolute atomic E-state index is 0.914. The first-order valence-corrected chi connectivity index (χ1v) is 4.12. The molecule has 0 heterocycles. The predicted molar refractivity (Wildman–Crippen MR) is 53.4 cm³/mol. The van der Waals surface area contributed by atoms with Gasteiger partial charge in [0.25, 0.3) is 0 Å². The molecular formula is C9H15Br. The molecule has 0 N–H and O–H groups in total. The van der Waals surface area contributed by atoms with Crippen LogP contribution in [0.3, 0.4) is 0 Å². The van der Waals surface area contributed by atoms with E-state index in [0.717, 1.165) is 10.1 Å². The fraction of sp³-hybridized carbons (Fsp3) is 0.333. The van der Waals surface area contributed by atoms with Gasteiger partial charge in [-0.2, -0.15) is 0 Å². The van der Waals surface area contributed by atoms with E-state index in [1.807, 2.05) is 26.8 Å². The molecule has 0 rings (SSSR count). The lowest BCUT2D eigenvalue weighted by molar-refractivity contribution is 1.50. The SMILES string of the molecule is C=C/C=C(/C)C(=C)Br.CC. The van der Waals surface area contributed by atoms with Crippen LogP contribution in [0.15, 0.2) is 35.4 Å². The highest BCUT2D eigenvalue weighted by molar-refractivity contribution is 9.11. The van der Waals surface area contributed by atoms with Crippen molar-refractivity contribution in [3.05, 3.63) is 35.4 Å². The highest BCUT2D eigenvalue weighted by Gasteiger charge is 1.84. The van der Waals surface area contributed by atoms with Gasteiger partial charge in [-0.3, -0.25) is 0 Å². The largest absolute Gasteiger partial charge is 0.0991 e. The molecule has 0 spiro atoms. The molecule has 10 heavy (non-hydrogen) atoms. The van der Waals surface area contributed by atoms with E-state index in [0.29, 0.717) is 0 Å². The van der Waals surface area contributed by atoms with Crippen molar-refractivity contribution in [3.8, 4) is 0 Å². The van der Waals surface area contributed by atoms with Crippen molar-refractivity contribution in [2.45, 2.75) is 20.8 Å². The molecular weight excluding hydrogens is 188 g/mol. The van der Waals surface area contributed by atoms with Crippen LogP contribution in [0.5, 0.6) is 0 Å². The first-order chi connectivity index (χ1) is 4.68. The Kier molecular flexibility index (Phi) is 10.8. The lowest BCUT2D eigenvalue weighted by atomic mass is 10.3. The van der Waals surface area contributed by atoms with Crippen molar-refractivity contribution in [3.63, 3.8) is 0 Å². The summed E-state index contributed by atoms with van der Waals surface area (Å²) in [7, 11) is 0. The topological polar surface area (TPSA) is 0 Å². The number of allylic oxidation sites excluding steroid dienone is 4. The van der Waals surface area contributed by atoms with Crippen LogP contribution in [-0.2, 0) is 0 Å². The smallest absolute Gasteiger partial charge is 0.0132 e. The summed E-state index contributed by atoms with van der Waals surface area (Å²) in [6.45, 7) is 13.2. The molecule has 0 aliphatic heterocycles. The predicted octanol–water partition coefficient (Wildman–Crippen LogP) is 4.05. The Hall–Kier alpha value is -0.300. The molecule has 0 amide bonds. The number of rotatable bonds is 2. The zero-order valence-corrected chi connectivity index (χ0v) is 8.53. The van der Waals surface area contributed by atoms with Gasteiger partial charge in [0.05, 0.1) is 0 Å². The van der Waals surface area contributed by atoms with Crippen LogP contribution in [0.25, 0.3) is 0 Å². The molecule has 0 aliphatic rings. The zero-order chi connectivity index (χ0) is 8.57. The van der Waals surface area contributed by atoms with Crippen molar-refractivity contribution >= 4 is 15.9 Å². The van der Waals surface area contributed by atoms with Gasteiger partial charge in [0.2, 0.25) is 0 Å². The van der Waals surface area contributed by atoms with Gasteiger partial charge in [-0.1, -0.05) is 55.1 Å². The van der Waals surface area contributed by atoms with Gasteiger partial charge in [0, 0.05) is 4.48 Å². The highest BCUT2D eigenvalue weighted by Crippen LogP contribution is 2.12. The number of halogens is 1. The van der Waals surface area contributed by atoms with Crippen molar-refractivity contribution in [2.24, 2.45) is 0 Å². The van der Waals surface area contributed by atoms with Crippen LogP contribution < -0.4 is 0 Å². The minimum atomic E-state index is 0.914. The summed E-state index contributed by atoms with van der Waals surface area (Å²) in [6, 6.07) is 0. The second kappa shape index (κ2) is 8.70. The normalized spacial score (nSPS) is 9.40. The van der Waals surface area contributed by atoms with E-state index >= 15 is 0 Å². The van der Waals surface area contributed by atoms with Gasteiger partial charge in [-0.05, 0) is 12.5 Å². The van der Waals surface area contributed by atoms with Gasteiger partial charge in [-0.15, -0.1) is 0 Å². The molecule has 0 radical (unpaired) electrons. The van der Waals surface area contributed by atoms with E-state index in [1.165, 1.54) is 0 Å². The van der Waals surface area contributed by atoms with Crippen molar-refractivity contribution < 1.29 is 0 Å². The lowest BCUT2D eigenvalue weighted by Gasteiger charge is -1.90. The fourth-order valence-electron chi connectivity index (χ4n) is 0.267. The van der Waals surface area contributed by atoms with Crippen LogP contribution in [-0.4, -0.2) is 0 Å². The van der Waals surface area contributed by atoms with E-state index in [-0.39, 0.29) is 0 Å². The third-order valence-electron chi connectivity index (χ3n) is 0.796. The first-order valence-electron chi connectivity index (χ1n) is 3.32. The summed E-state index contributed by atoms with van der Waals surface area (Å²) in [5.74, 6) is 0. The minimum Gasteiger partial charge on any atom is -0.0991 e. The van der Waals surface area contributed by atoms with Crippen LogP contribution in [0, 0.1) is 0 Å². The molecule has 0 aromatic carbocycles. The van der Waals surface area contributed by atoms with Crippen LogP contribution in [0.4, 0.5) is 0 Å². The maximum atomic E-state index is 3.67. The Morgan fingerprint density at radius 2 is 1.80 bits per heavy atom. The molecule has 0 saturated carbocycles. The van der Waals surface area contributed by atoms with E-state index in [2.05, 4.69) is 29.1 Å². The average molecular weight is 203 g/mol. The molecule has 0 atom stereocenters. The van der Waals surface area contributed by atoms with Crippen molar-refractivity contribution in [1.82, 2.24) is 0 Å². The Balaban J connectivity index is 0. The van der Waals surface area contributed by atoms with Gasteiger partial charge < -0.3 is 0 Å². The van der Waals surface area contributed by atoms with Crippen LogP contribution in [0.1, 0.15) is 20.8 Å². The monoisotopic (exact) mass is 202 g/mol. The summed E-state index contributed by atoms with van der Waals surface area (Å²) in [5, 5.41) is 0. The van der Waals surface area contributed by atoms with Crippen molar-refractivity contribution in [2.75, 3.05) is 0 Å². The third-order valence-corrected chi connectivity index (χ3v) is 1.42. The lowest BCUT2D eigenvalue weighted by Crippen LogP contribution is -1.67. The molecule has 0 fully saturated rings. The summed E-state index contributed by atoms with van der Waals surface area (Å²) in [6.07, 6.45) is 3.64. The Labute approximate surface area is 72.5 Å². The summed E-state index contributed by atoms with van der Waals surface area (Å²) >= 11 is 3.23. The summed E-state index contributed by atoms with van der Waals surface area (Å²) in [4.78, 5) is 0. The van der Waals surface area contributed by atoms with Crippen molar-refractivity contribution in [1.29, 1.82) is 0 Å². The molecule has 0 unspecified atom stereocenters. The second-order valence-corrected chi connectivity index (χ2v) is 2.45. The molecule has 0 saturated heterocycles. The van der Waals surface area contributed by atoms with E-state index < -0.39 is 0 Å². The molecule has 0 bridgehead atoms. The molecule has 58 valence electrons. The Morgan fingerprint density at radius 3 is 1.90 bits per heavy atom.